The summed E-state index contributed by atoms with van der Waals surface area (Å²) < 4.78 is 10.8. The quantitative estimate of drug-likeness (QED) is 0.816. The van der Waals surface area contributed by atoms with E-state index in [2.05, 4.69) is 28.4 Å². The van der Waals surface area contributed by atoms with Crippen LogP contribution in [-0.4, -0.2) is 50.8 Å². The Balaban J connectivity index is 1.65. The first-order valence-corrected chi connectivity index (χ1v) is 9.43. The second-order valence-corrected chi connectivity index (χ2v) is 6.91. The molecule has 3 rings (SSSR count). The van der Waals surface area contributed by atoms with E-state index in [9.17, 15) is 4.79 Å². The molecular weight excluding hydrogens is 340 g/mol. The molecule has 5 heteroatoms. The van der Waals surface area contributed by atoms with Gasteiger partial charge in [0.05, 0.1) is 32.8 Å². The highest BCUT2D eigenvalue weighted by molar-refractivity contribution is 5.78. The average molecular weight is 368 g/mol. The van der Waals surface area contributed by atoms with Crippen LogP contribution >= 0.6 is 0 Å². The molecule has 0 aliphatic carbocycles. The summed E-state index contributed by atoms with van der Waals surface area (Å²) in [4.78, 5) is 14.8. The van der Waals surface area contributed by atoms with Gasteiger partial charge < -0.3 is 14.8 Å². The fraction of sp³-hybridized carbons (Fsp3) is 0.409. The van der Waals surface area contributed by atoms with Gasteiger partial charge in [-0.3, -0.25) is 9.69 Å². The molecule has 1 heterocycles. The van der Waals surface area contributed by atoms with Gasteiger partial charge in [0, 0.05) is 19.6 Å². The third kappa shape index (κ3) is 5.55. The van der Waals surface area contributed by atoms with Crippen LogP contribution in [0.4, 0.5) is 0 Å². The largest absolute Gasteiger partial charge is 0.497 e. The number of aryl methyl sites for hydroxylation is 1. The van der Waals surface area contributed by atoms with E-state index in [-0.39, 0.29) is 11.9 Å². The number of amides is 1. The van der Waals surface area contributed by atoms with Crippen LogP contribution in [0, 0.1) is 6.92 Å². The van der Waals surface area contributed by atoms with Crippen molar-refractivity contribution < 1.29 is 14.3 Å². The van der Waals surface area contributed by atoms with E-state index < -0.39 is 0 Å². The maximum atomic E-state index is 12.5. The molecule has 0 bridgehead atoms. The lowest BCUT2D eigenvalue weighted by Gasteiger charge is -2.35. The molecule has 1 fully saturated rings. The van der Waals surface area contributed by atoms with Crippen LogP contribution in [0.1, 0.15) is 22.7 Å². The third-order valence-electron chi connectivity index (χ3n) is 4.93. The van der Waals surface area contributed by atoms with Crippen molar-refractivity contribution in [3.63, 3.8) is 0 Å². The van der Waals surface area contributed by atoms with Gasteiger partial charge in [0.15, 0.2) is 0 Å². The number of hydrogen-bond acceptors (Lipinski definition) is 4. The number of nitrogens with zero attached hydrogens (tertiary/aromatic N) is 1. The fourth-order valence-corrected chi connectivity index (χ4v) is 3.45. The van der Waals surface area contributed by atoms with Crippen LogP contribution in [0.15, 0.2) is 48.5 Å². The monoisotopic (exact) mass is 368 g/mol. The first-order chi connectivity index (χ1) is 13.2. The van der Waals surface area contributed by atoms with E-state index in [1.54, 1.807) is 7.11 Å². The Hall–Kier alpha value is -2.37. The Bertz CT molecular complexity index is 739. The van der Waals surface area contributed by atoms with E-state index in [0.29, 0.717) is 13.0 Å². The molecule has 0 saturated carbocycles. The molecule has 27 heavy (non-hydrogen) atoms. The number of carbonyl (C=O) groups excluding carboxylic acids is 1. The van der Waals surface area contributed by atoms with Crippen LogP contribution in [0.2, 0.25) is 0 Å². The highest BCUT2D eigenvalue weighted by atomic mass is 16.5. The topological polar surface area (TPSA) is 50.8 Å². The van der Waals surface area contributed by atoms with Crippen molar-refractivity contribution in [3.05, 3.63) is 65.2 Å². The molecule has 0 spiro atoms. The number of methoxy groups -OCH3 is 1. The summed E-state index contributed by atoms with van der Waals surface area (Å²) in [6, 6.07) is 16.3. The number of rotatable bonds is 7. The SMILES string of the molecule is COc1ccc([C@H](CNC(=O)Cc2cccc(C)c2)N2CCOCC2)cc1. The van der Waals surface area contributed by atoms with Gasteiger partial charge in [-0.1, -0.05) is 42.0 Å². The van der Waals surface area contributed by atoms with Gasteiger partial charge >= 0.3 is 0 Å². The summed E-state index contributed by atoms with van der Waals surface area (Å²) in [6.07, 6.45) is 0.403. The predicted molar refractivity (Wildman–Crippen MR) is 106 cm³/mol. The van der Waals surface area contributed by atoms with E-state index in [1.165, 1.54) is 11.1 Å². The van der Waals surface area contributed by atoms with E-state index in [4.69, 9.17) is 9.47 Å². The standard InChI is InChI=1S/C22H28N2O3/c1-17-4-3-5-18(14-17)15-22(25)23-16-21(24-10-12-27-13-11-24)19-6-8-20(26-2)9-7-19/h3-9,14,21H,10-13,15-16H2,1-2H3,(H,23,25)/t21-/m0/s1. The smallest absolute Gasteiger partial charge is 0.224 e. The average Bonchev–Trinajstić information content (AvgIpc) is 2.69. The van der Waals surface area contributed by atoms with E-state index in [0.717, 1.165) is 37.6 Å². The number of hydrogen-bond donors (Lipinski definition) is 1. The maximum Gasteiger partial charge on any atom is 0.224 e. The van der Waals surface area contributed by atoms with Gasteiger partial charge in [-0.2, -0.15) is 0 Å². The lowest BCUT2D eigenvalue weighted by Crippen LogP contribution is -2.44. The number of carbonyl (C=O) groups is 1. The van der Waals surface area contributed by atoms with Crippen LogP contribution in [-0.2, 0) is 16.0 Å². The highest BCUT2D eigenvalue weighted by Crippen LogP contribution is 2.23. The molecule has 0 radical (unpaired) electrons. The van der Waals surface area contributed by atoms with Crippen molar-refractivity contribution in [1.29, 1.82) is 0 Å². The summed E-state index contributed by atoms with van der Waals surface area (Å²) in [5.41, 5.74) is 3.39. The maximum absolute atomic E-state index is 12.5. The normalized spacial score (nSPS) is 15.9. The van der Waals surface area contributed by atoms with Gasteiger partial charge in [0.2, 0.25) is 5.91 Å². The predicted octanol–water partition coefficient (Wildman–Crippen LogP) is 2.74. The molecule has 1 aliphatic rings. The summed E-state index contributed by atoms with van der Waals surface area (Å²) in [5.74, 6) is 0.885. The van der Waals surface area contributed by atoms with Gasteiger partial charge in [0.25, 0.3) is 0 Å². The van der Waals surface area contributed by atoms with Crippen molar-refractivity contribution in [2.24, 2.45) is 0 Å². The first-order valence-electron chi connectivity index (χ1n) is 9.43. The van der Waals surface area contributed by atoms with Crippen molar-refractivity contribution in [3.8, 4) is 5.75 Å². The minimum absolute atomic E-state index is 0.0485. The summed E-state index contributed by atoms with van der Waals surface area (Å²) >= 11 is 0. The number of morpholine rings is 1. The van der Waals surface area contributed by atoms with E-state index >= 15 is 0 Å². The molecule has 2 aromatic carbocycles. The highest BCUT2D eigenvalue weighted by Gasteiger charge is 2.23. The lowest BCUT2D eigenvalue weighted by molar-refractivity contribution is -0.120. The Labute approximate surface area is 161 Å². The van der Waals surface area contributed by atoms with Crippen LogP contribution in [0.3, 0.4) is 0 Å². The molecular formula is C22H28N2O3. The minimum Gasteiger partial charge on any atom is -0.497 e. The van der Waals surface area contributed by atoms with Crippen molar-refractivity contribution in [2.45, 2.75) is 19.4 Å². The zero-order chi connectivity index (χ0) is 19.1. The molecule has 1 amide bonds. The molecule has 5 nitrogen and oxygen atoms in total. The van der Waals surface area contributed by atoms with Gasteiger partial charge in [0.1, 0.15) is 5.75 Å². The molecule has 1 saturated heterocycles. The first kappa shape index (κ1) is 19.4. The Morgan fingerprint density at radius 1 is 1.19 bits per heavy atom. The molecule has 1 aliphatic heterocycles. The van der Waals surface area contributed by atoms with Crippen molar-refractivity contribution >= 4 is 5.91 Å². The Morgan fingerprint density at radius 2 is 1.93 bits per heavy atom. The molecule has 0 unspecified atom stereocenters. The van der Waals surface area contributed by atoms with Crippen LogP contribution in [0.5, 0.6) is 5.75 Å². The summed E-state index contributed by atoms with van der Waals surface area (Å²) in [6.45, 7) is 5.80. The van der Waals surface area contributed by atoms with Crippen LogP contribution in [0.25, 0.3) is 0 Å². The number of ether oxygens (including phenoxy) is 2. The number of nitrogens with one attached hydrogen (secondary N) is 1. The molecule has 0 aromatic heterocycles. The zero-order valence-corrected chi connectivity index (χ0v) is 16.1. The van der Waals surface area contributed by atoms with Crippen molar-refractivity contribution in [1.82, 2.24) is 10.2 Å². The number of benzene rings is 2. The second-order valence-electron chi connectivity index (χ2n) is 6.91. The Kier molecular flexibility index (Phi) is 6.85. The van der Waals surface area contributed by atoms with Gasteiger partial charge in [-0.15, -0.1) is 0 Å². The fourth-order valence-electron chi connectivity index (χ4n) is 3.45. The molecule has 144 valence electrons. The molecule has 2 aromatic rings. The summed E-state index contributed by atoms with van der Waals surface area (Å²) in [7, 11) is 1.67. The molecule has 1 atom stereocenters. The zero-order valence-electron chi connectivity index (χ0n) is 16.1. The van der Waals surface area contributed by atoms with E-state index in [1.807, 2.05) is 37.3 Å². The van der Waals surface area contributed by atoms with Gasteiger partial charge in [-0.25, -0.2) is 0 Å². The van der Waals surface area contributed by atoms with Gasteiger partial charge in [-0.05, 0) is 30.2 Å². The lowest BCUT2D eigenvalue weighted by atomic mass is 10.0. The van der Waals surface area contributed by atoms with Crippen LogP contribution < -0.4 is 10.1 Å². The Morgan fingerprint density at radius 3 is 2.59 bits per heavy atom. The molecule has 1 N–H and O–H groups in total. The van der Waals surface area contributed by atoms with Crippen molar-refractivity contribution in [2.75, 3.05) is 40.0 Å². The third-order valence-corrected chi connectivity index (χ3v) is 4.93. The second kappa shape index (κ2) is 9.53. The summed E-state index contributed by atoms with van der Waals surface area (Å²) in [5, 5.41) is 3.12. The minimum atomic E-state index is 0.0485.